The predicted molar refractivity (Wildman–Crippen MR) is 190 cm³/mol. The van der Waals surface area contributed by atoms with Crippen molar-refractivity contribution in [1.82, 2.24) is 57.2 Å². The van der Waals surface area contributed by atoms with Crippen LogP contribution < -0.4 is 42.5 Å². The Kier molecular flexibility index (Phi) is 20.2. The first-order valence-corrected chi connectivity index (χ1v) is 18.9. The van der Waals surface area contributed by atoms with Gasteiger partial charge in [-0.3, -0.25) is 9.80 Å². The molecule has 0 spiro atoms. The lowest BCUT2D eigenvalue weighted by molar-refractivity contribution is 0.215. The van der Waals surface area contributed by atoms with Gasteiger partial charge in [0.2, 0.25) is 0 Å². The fourth-order valence-electron chi connectivity index (χ4n) is 7.35. The van der Waals surface area contributed by atoms with Crippen molar-refractivity contribution >= 4 is 0 Å². The molecule has 45 heavy (non-hydrogen) atoms. The van der Waals surface area contributed by atoms with Crippen molar-refractivity contribution in [2.75, 3.05) is 144 Å². The minimum absolute atomic E-state index is 0.550. The molecule has 4 atom stereocenters. The normalized spacial score (nSPS) is 32.4. The van der Waals surface area contributed by atoms with Gasteiger partial charge < -0.3 is 47.4 Å². The zero-order valence-corrected chi connectivity index (χ0v) is 28.7. The fourth-order valence-corrected chi connectivity index (χ4v) is 7.35. The number of hydrogen-bond donors (Lipinski definition) is 8. The first kappa shape index (κ1) is 37.1. The van der Waals surface area contributed by atoms with Crippen molar-refractivity contribution < 1.29 is 0 Å². The molecule has 8 N–H and O–H groups in total. The minimum atomic E-state index is 0.550. The van der Waals surface area contributed by atoms with Crippen molar-refractivity contribution in [3.8, 4) is 0 Å². The molecule has 0 aromatic carbocycles. The molecule has 4 aliphatic rings. The van der Waals surface area contributed by atoms with E-state index in [-0.39, 0.29) is 0 Å². The van der Waals surface area contributed by atoms with Gasteiger partial charge in [0, 0.05) is 136 Å². The van der Waals surface area contributed by atoms with E-state index in [0.29, 0.717) is 18.1 Å². The average Bonchev–Trinajstić information content (AvgIpc) is 3.69. The Hall–Kier alpha value is -0.700. The van der Waals surface area contributed by atoms with E-state index in [1.54, 1.807) is 0 Å². The third kappa shape index (κ3) is 16.3. The summed E-state index contributed by atoms with van der Waals surface area (Å²) in [6.45, 7) is 24.3. The Labute approximate surface area is 276 Å². The van der Waals surface area contributed by atoms with Gasteiger partial charge in [-0.2, -0.15) is 0 Å². The van der Waals surface area contributed by atoms with Gasteiger partial charge in [-0.05, 0) is 71.1 Å². The molecule has 3 saturated heterocycles. The summed E-state index contributed by atoms with van der Waals surface area (Å²) in [7, 11) is 0. The Morgan fingerprint density at radius 2 is 0.978 bits per heavy atom. The molecule has 0 aliphatic carbocycles. The first-order valence-electron chi connectivity index (χ1n) is 18.9. The second-order valence-corrected chi connectivity index (χ2v) is 13.6. The summed E-state index contributed by atoms with van der Waals surface area (Å²) < 4.78 is 0. The lowest BCUT2D eigenvalue weighted by atomic mass is 10.1. The lowest BCUT2D eigenvalue weighted by Crippen LogP contribution is -2.48. The highest BCUT2D eigenvalue weighted by Crippen LogP contribution is 2.17. The van der Waals surface area contributed by atoms with Gasteiger partial charge in [-0.1, -0.05) is 12.2 Å². The summed E-state index contributed by atoms with van der Waals surface area (Å²) in [4.78, 5) is 8.08. The minimum Gasteiger partial charge on any atom is -0.315 e. The Morgan fingerprint density at radius 3 is 1.62 bits per heavy atom. The zero-order valence-electron chi connectivity index (χ0n) is 28.7. The number of nitrogens with zero attached hydrogens (tertiary/aromatic N) is 3. The molecule has 0 radical (unpaired) electrons. The third-order valence-corrected chi connectivity index (χ3v) is 10.1. The predicted octanol–water partition coefficient (Wildman–Crippen LogP) is -0.944. The molecule has 0 aromatic rings. The second-order valence-electron chi connectivity index (χ2n) is 13.6. The molecule has 0 saturated carbocycles. The Bertz CT molecular complexity index is 741. The molecule has 11 nitrogen and oxygen atoms in total. The van der Waals surface area contributed by atoms with Gasteiger partial charge in [0.05, 0.1) is 0 Å². The largest absolute Gasteiger partial charge is 0.315 e. The average molecular weight is 634 g/mol. The van der Waals surface area contributed by atoms with Gasteiger partial charge >= 0.3 is 0 Å². The maximum absolute atomic E-state index is 3.99. The molecule has 4 unspecified atom stereocenters. The van der Waals surface area contributed by atoms with Crippen LogP contribution in [0.1, 0.15) is 44.9 Å². The Morgan fingerprint density at radius 1 is 0.444 bits per heavy atom. The maximum atomic E-state index is 3.99. The zero-order chi connectivity index (χ0) is 31.0. The molecule has 2 bridgehead atoms. The van der Waals surface area contributed by atoms with Crippen molar-refractivity contribution in [1.29, 1.82) is 0 Å². The van der Waals surface area contributed by atoms with Crippen LogP contribution in [-0.4, -0.2) is 177 Å². The van der Waals surface area contributed by atoms with E-state index in [1.165, 1.54) is 58.2 Å². The molecule has 3 fully saturated rings. The van der Waals surface area contributed by atoms with Crippen molar-refractivity contribution in [3.63, 3.8) is 0 Å². The molecule has 0 amide bonds. The van der Waals surface area contributed by atoms with Crippen molar-refractivity contribution in [2.24, 2.45) is 0 Å². The molecular weight excluding hydrogens is 562 g/mol. The van der Waals surface area contributed by atoms with Gasteiger partial charge in [-0.15, -0.1) is 0 Å². The molecular formula is C34H71N11. The van der Waals surface area contributed by atoms with Crippen LogP contribution in [0, 0.1) is 0 Å². The highest BCUT2D eigenvalue weighted by Gasteiger charge is 2.25. The molecule has 4 heterocycles. The lowest BCUT2D eigenvalue weighted by Gasteiger charge is -2.31. The van der Waals surface area contributed by atoms with E-state index in [1.807, 2.05) is 0 Å². The maximum Gasteiger partial charge on any atom is 0.0230 e. The first-order chi connectivity index (χ1) is 22.4. The van der Waals surface area contributed by atoms with Gasteiger partial charge in [0.25, 0.3) is 0 Å². The van der Waals surface area contributed by atoms with Crippen LogP contribution in [-0.2, 0) is 0 Å². The highest BCUT2D eigenvalue weighted by molar-refractivity contribution is 4.93. The molecule has 262 valence electrons. The summed E-state index contributed by atoms with van der Waals surface area (Å²) >= 11 is 0. The molecule has 4 rings (SSSR count). The number of rotatable bonds is 0. The third-order valence-electron chi connectivity index (χ3n) is 10.1. The number of fused-ring (bicyclic) bond motifs is 4. The number of hydrogen-bond acceptors (Lipinski definition) is 11. The van der Waals surface area contributed by atoms with E-state index in [2.05, 4.69) is 69.4 Å². The van der Waals surface area contributed by atoms with Crippen LogP contribution in [0.15, 0.2) is 12.2 Å². The van der Waals surface area contributed by atoms with Crippen molar-refractivity contribution in [2.45, 2.75) is 63.1 Å². The molecule has 4 aliphatic heterocycles. The van der Waals surface area contributed by atoms with E-state index in [9.17, 15) is 0 Å². The molecule has 11 heteroatoms. The summed E-state index contributed by atoms with van der Waals surface area (Å²) in [5, 5.41) is 29.5. The van der Waals surface area contributed by atoms with E-state index >= 15 is 0 Å². The molecule has 0 aromatic heterocycles. The quantitative estimate of drug-likeness (QED) is 0.159. The van der Waals surface area contributed by atoms with E-state index in [0.717, 1.165) is 131 Å². The van der Waals surface area contributed by atoms with Crippen LogP contribution >= 0.6 is 0 Å². The topological polar surface area (TPSA) is 106 Å². The van der Waals surface area contributed by atoms with Crippen LogP contribution in [0.2, 0.25) is 0 Å². The highest BCUT2D eigenvalue weighted by atomic mass is 15.2. The van der Waals surface area contributed by atoms with Gasteiger partial charge in [0.15, 0.2) is 0 Å². The summed E-state index contributed by atoms with van der Waals surface area (Å²) in [6, 6.07) is 1.93. The van der Waals surface area contributed by atoms with Gasteiger partial charge in [0.1, 0.15) is 0 Å². The summed E-state index contributed by atoms with van der Waals surface area (Å²) in [6.07, 6.45) is 13.7. The van der Waals surface area contributed by atoms with Crippen LogP contribution in [0.3, 0.4) is 0 Å². The smallest absolute Gasteiger partial charge is 0.0230 e. The van der Waals surface area contributed by atoms with E-state index < -0.39 is 0 Å². The Balaban J connectivity index is 1.15. The SMILES string of the molecule is C1=CCC2CN(CC1)CCNCCNCCN1CCCC1CNCCNCCNCCCNCCNCCN1CCCC1CN2. The standard InChI is InChI=1S/C34H71N11/c1-2-7-32-31-43(23-3-1)26-20-38-16-17-40-21-27-44-24-4-8-33(44)29-41-19-18-37-14-12-35-10-6-11-36-13-15-39-22-28-45-25-5-9-34(45)30-42-32/h1-2,32-42H,3-31H2. The van der Waals surface area contributed by atoms with Crippen molar-refractivity contribution in [3.05, 3.63) is 12.2 Å². The van der Waals surface area contributed by atoms with Crippen LogP contribution in [0.5, 0.6) is 0 Å². The second kappa shape index (κ2) is 24.4. The van der Waals surface area contributed by atoms with E-state index in [4.69, 9.17) is 0 Å². The van der Waals surface area contributed by atoms with Crippen LogP contribution in [0.4, 0.5) is 0 Å². The monoisotopic (exact) mass is 634 g/mol. The summed E-state index contributed by atoms with van der Waals surface area (Å²) in [5.74, 6) is 0. The summed E-state index contributed by atoms with van der Waals surface area (Å²) in [5.41, 5.74) is 0. The number of nitrogens with one attached hydrogen (secondary N) is 8. The van der Waals surface area contributed by atoms with Gasteiger partial charge in [-0.25, -0.2) is 0 Å². The fraction of sp³-hybridized carbons (Fsp3) is 0.941. The van der Waals surface area contributed by atoms with Crippen LogP contribution in [0.25, 0.3) is 0 Å².